The molecule has 7 nitrogen and oxygen atoms in total. The van der Waals surface area contributed by atoms with Crippen LogP contribution in [0.4, 0.5) is 5.69 Å². The Kier molecular flexibility index (Phi) is 5.78. The fourth-order valence-corrected chi connectivity index (χ4v) is 3.54. The molecule has 0 saturated carbocycles. The van der Waals surface area contributed by atoms with E-state index in [1.54, 1.807) is 31.2 Å². The number of aromatic nitrogens is 3. The zero-order valence-corrected chi connectivity index (χ0v) is 16.7. The molecule has 27 heavy (non-hydrogen) atoms. The van der Waals surface area contributed by atoms with Crippen molar-refractivity contribution in [2.24, 2.45) is 0 Å². The van der Waals surface area contributed by atoms with Crippen molar-refractivity contribution in [2.75, 3.05) is 11.2 Å². The van der Waals surface area contributed by atoms with E-state index in [1.807, 2.05) is 30.3 Å². The van der Waals surface area contributed by atoms with Crippen LogP contribution in [0.3, 0.4) is 0 Å². The van der Waals surface area contributed by atoms with Gasteiger partial charge in [0.05, 0.1) is 16.9 Å². The summed E-state index contributed by atoms with van der Waals surface area (Å²) in [6.45, 7) is 1.75. The Morgan fingerprint density at radius 2 is 2.07 bits per heavy atom. The van der Waals surface area contributed by atoms with Crippen LogP contribution in [0.5, 0.6) is 0 Å². The van der Waals surface area contributed by atoms with Gasteiger partial charge < -0.3 is 11.2 Å². The molecular weight excluding hydrogens is 428 g/mol. The monoisotopic (exact) mass is 442 g/mol. The van der Waals surface area contributed by atoms with Gasteiger partial charge in [-0.2, -0.15) is 5.26 Å². The number of hydrogen-bond donors (Lipinski definition) is 2. The smallest absolute Gasteiger partial charge is 0.237 e. The predicted octanol–water partition coefficient (Wildman–Crippen LogP) is 3.41. The predicted molar refractivity (Wildman–Crippen MR) is 108 cm³/mol. The summed E-state index contributed by atoms with van der Waals surface area (Å²) >= 11 is 4.67. The largest absolute Gasteiger partial charge is 0.335 e. The molecule has 9 heteroatoms. The minimum atomic E-state index is -0.464. The van der Waals surface area contributed by atoms with E-state index in [-0.39, 0.29) is 5.91 Å². The van der Waals surface area contributed by atoms with E-state index in [0.29, 0.717) is 22.2 Å². The normalized spacial score (nSPS) is 11.6. The Balaban J connectivity index is 1.73. The van der Waals surface area contributed by atoms with Crippen LogP contribution in [-0.4, -0.2) is 26.0 Å². The lowest BCUT2D eigenvalue weighted by molar-refractivity contribution is -0.115. The molecule has 0 fully saturated rings. The Bertz CT molecular complexity index is 1030. The number of rotatable bonds is 5. The molecule has 1 unspecified atom stereocenters. The fourth-order valence-electron chi connectivity index (χ4n) is 2.31. The summed E-state index contributed by atoms with van der Waals surface area (Å²) in [5.74, 6) is 6.40. The van der Waals surface area contributed by atoms with Crippen LogP contribution in [0.2, 0.25) is 0 Å². The molecule has 0 aliphatic carbocycles. The topological polar surface area (TPSA) is 110 Å². The lowest BCUT2D eigenvalue weighted by atomic mass is 10.2. The van der Waals surface area contributed by atoms with Crippen molar-refractivity contribution in [3.63, 3.8) is 0 Å². The number of halogens is 1. The minimum Gasteiger partial charge on any atom is -0.335 e. The van der Waals surface area contributed by atoms with Crippen LogP contribution >= 0.6 is 27.7 Å². The first kappa shape index (κ1) is 18.9. The second kappa shape index (κ2) is 8.24. The van der Waals surface area contributed by atoms with Gasteiger partial charge in [0, 0.05) is 15.7 Å². The summed E-state index contributed by atoms with van der Waals surface area (Å²) in [4.78, 5) is 12.4. The lowest BCUT2D eigenvalue weighted by Gasteiger charge is -2.12. The molecule has 0 aliphatic heterocycles. The molecule has 0 aliphatic rings. The van der Waals surface area contributed by atoms with Gasteiger partial charge in [0.2, 0.25) is 11.1 Å². The van der Waals surface area contributed by atoms with Crippen molar-refractivity contribution >= 4 is 39.3 Å². The fraction of sp³-hybridized carbons (Fsp3) is 0.111. The molecule has 136 valence electrons. The third kappa shape index (κ3) is 4.30. The Morgan fingerprint density at radius 1 is 1.30 bits per heavy atom. The van der Waals surface area contributed by atoms with Crippen molar-refractivity contribution in [2.45, 2.75) is 17.3 Å². The molecular formula is C18H15BrN6OS. The number of hydrogen-bond acceptors (Lipinski definition) is 6. The van der Waals surface area contributed by atoms with Gasteiger partial charge in [0.1, 0.15) is 0 Å². The van der Waals surface area contributed by atoms with Gasteiger partial charge in [-0.15, -0.1) is 10.2 Å². The zero-order chi connectivity index (χ0) is 19.4. The lowest BCUT2D eigenvalue weighted by Crippen LogP contribution is -2.23. The molecule has 0 bridgehead atoms. The van der Waals surface area contributed by atoms with Crippen molar-refractivity contribution in [1.29, 1.82) is 5.26 Å². The van der Waals surface area contributed by atoms with Crippen LogP contribution in [-0.2, 0) is 4.79 Å². The van der Waals surface area contributed by atoms with E-state index in [9.17, 15) is 4.79 Å². The summed E-state index contributed by atoms with van der Waals surface area (Å²) in [5.41, 5.74) is 1.85. The number of anilines is 1. The molecule has 0 radical (unpaired) electrons. The highest BCUT2D eigenvalue weighted by Gasteiger charge is 2.20. The van der Waals surface area contributed by atoms with E-state index in [2.05, 4.69) is 31.4 Å². The minimum absolute atomic E-state index is 0.222. The number of amides is 1. The maximum atomic E-state index is 12.4. The average Bonchev–Trinajstić information content (AvgIpc) is 3.02. The van der Waals surface area contributed by atoms with Crippen molar-refractivity contribution in [3.05, 3.63) is 58.6 Å². The first-order valence-electron chi connectivity index (χ1n) is 7.92. The van der Waals surface area contributed by atoms with E-state index in [0.717, 1.165) is 10.0 Å². The quantitative estimate of drug-likeness (QED) is 0.462. The molecule has 3 N–H and O–H groups in total. The molecule has 1 amide bonds. The second-order valence-electron chi connectivity index (χ2n) is 5.60. The SMILES string of the molecule is CC(Sc1nnc(-c2ccccc2Br)n1N)C(=O)Nc1cccc(C#N)c1. The van der Waals surface area contributed by atoms with Crippen molar-refractivity contribution < 1.29 is 4.79 Å². The molecule has 1 heterocycles. The van der Waals surface area contributed by atoms with Crippen LogP contribution < -0.4 is 11.2 Å². The summed E-state index contributed by atoms with van der Waals surface area (Å²) in [6, 6.07) is 16.3. The Hall–Kier alpha value is -2.83. The first-order chi connectivity index (χ1) is 13.0. The van der Waals surface area contributed by atoms with Gasteiger partial charge in [-0.05, 0) is 37.3 Å². The van der Waals surface area contributed by atoms with Crippen LogP contribution in [0, 0.1) is 11.3 Å². The highest BCUT2D eigenvalue weighted by atomic mass is 79.9. The highest BCUT2D eigenvalue weighted by Crippen LogP contribution is 2.29. The van der Waals surface area contributed by atoms with Gasteiger partial charge in [0.15, 0.2) is 5.82 Å². The highest BCUT2D eigenvalue weighted by molar-refractivity contribution is 9.10. The third-order valence-electron chi connectivity index (χ3n) is 3.69. The van der Waals surface area contributed by atoms with E-state index in [1.165, 1.54) is 16.4 Å². The number of nitrogens with zero attached hydrogens (tertiary/aromatic N) is 4. The number of nitrogen functional groups attached to an aromatic ring is 1. The van der Waals surface area contributed by atoms with E-state index in [4.69, 9.17) is 11.1 Å². The molecule has 1 aromatic heterocycles. The molecule has 0 spiro atoms. The van der Waals surface area contributed by atoms with Crippen molar-refractivity contribution in [1.82, 2.24) is 14.9 Å². The molecule has 3 rings (SSSR count). The number of carbonyl (C=O) groups excluding carboxylic acids is 1. The average molecular weight is 443 g/mol. The summed E-state index contributed by atoms with van der Waals surface area (Å²) in [7, 11) is 0. The zero-order valence-electron chi connectivity index (χ0n) is 14.3. The number of benzene rings is 2. The first-order valence-corrected chi connectivity index (χ1v) is 9.60. The molecule has 1 atom stereocenters. The van der Waals surface area contributed by atoms with E-state index < -0.39 is 5.25 Å². The van der Waals surface area contributed by atoms with Gasteiger partial charge in [-0.3, -0.25) is 4.79 Å². The summed E-state index contributed by atoms with van der Waals surface area (Å²) in [5, 5.41) is 19.9. The van der Waals surface area contributed by atoms with Crippen LogP contribution in [0.25, 0.3) is 11.4 Å². The van der Waals surface area contributed by atoms with Gasteiger partial charge in [-0.1, -0.05) is 45.9 Å². The van der Waals surface area contributed by atoms with Gasteiger partial charge >= 0.3 is 0 Å². The summed E-state index contributed by atoms with van der Waals surface area (Å²) in [6.07, 6.45) is 0. The number of nitrogens with two attached hydrogens (primary N) is 1. The standard InChI is InChI=1S/C18H15BrN6OS/c1-11(17(26)22-13-6-4-5-12(9-13)10-20)27-18-24-23-16(25(18)21)14-7-2-3-8-15(14)19/h2-9,11H,21H2,1H3,(H,22,26). The van der Waals surface area contributed by atoms with Gasteiger partial charge in [0.25, 0.3) is 0 Å². The Morgan fingerprint density at radius 3 is 2.81 bits per heavy atom. The third-order valence-corrected chi connectivity index (χ3v) is 5.44. The molecule has 3 aromatic rings. The molecule has 0 saturated heterocycles. The maximum absolute atomic E-state index is 12.4. The summed E-state index contributed by atoms with van der Waals surface area (Å²) < 4.78 is 2.22. The van der Waals surface area contributed by atoms with Crippen LogP contribution in [0.1, 0.15) is 12.5 Å². The number of nitriles is 1. The number of thioether (sulfide) groups is 1. The van der Waals surface area contributed by atoms with Crippen molar-refractivity contribution in [3.8, 4) is 17.5 Å². The second-order valence-corrected chi connectivity index (χ2v) is 7.76. The number of nitrogens with one attached hydrogen (secondary N) is 1. The Labute approximate surface area is 168 Å². The van der Waals surface area contributed by atoms with Gasteiger partial charge in [-0.25, -0.2) is 4.68 Å². The van der Waals surface area contributed by atoms with E-state index >= 15 is 0 Å². The molecule has 2 aromatic carbocycles. The number of carbonyl (C=O) groups is 1. The maximum Gasteiger partial charge on any atom is 0.237 e. The van der Waals surface area contributed by atoms with Crippen LogP contribution in [0.15, 0.2) is 58.2 Å².